The number of amides is 1. The lowest BCUT2D eigenvalue weighted by Gasteiger charge is -2.11. The maximum atomic E-state index is 12.5. The second kappa shape index (κ2) is 11.4. The Morgan fingerprint density at radius 2 is 1.46 bits per heavy atom. The summed E-state index contributed by atoms with van der Waals surface area (Å²) in [4.78, 5) is 24.5. The van der Waals surface area contributed by atoms with Gasteiger partial charge in [0.25, 0.3) is 11.5 Å². The predicted molar refractivity (Wildman–Crippen MR) is 111 cm³/mol. The molecule has 3 N–H and O–H groups in total. The number of benzene rings is 1. The van der Waals surface area contributed by atoms with Crippen LogP contribution in [0.15, 0.2) is 29.1 Å². The number of fused-ring (bicyclic) bond motifs is 1. The van der Waals surface area contributed by atoms with E-state index in [1.54, 1.807) is 18.2 Å². The molecule has 28 heavy (non-hydrogen) atoms. The highest BCUT2D eigenvalue weighted by molar-refractivity contribution is 6.08. The molecule has 154 valence electrons. The van der Waals surface area contributed by atoms with E-state index in [2.05, 4.69) is 12.2 Å². The van der Waals surface area contributed by atoms with Crippen molar-refractivity contribution in [2.24, 2.45) is 0 Å². The predicted octanol–water partition coefficient (Wildman–Crippen LogP) is 4.60. The number of rotatable bonds is 12. The van der Waals surface area contributed by atoms with Crippen molar-refractivity contribution in [3.8, 4) is 5.88 Å². The summed E-state index contributed by atoms with van der Waals surface area (Å²) in [5, 5.41) is 23.1. The van der Waals surface area contributed by atoms with E-state index in [0.29, 0.717) is 11.9 Å². The van der Waals surface area contributed by atoms with Crippen molar-refractivity contribution in [3.05, 3.63) is 40.2 Å². The molecule has 2 aromatic rings. The van der Waals surface area contributed by atoms with E-state index in [9.17, 15) is 19.9 Å². The van der Waals surface area contributed by atoms with Crippen molar-refractivity contribution in [3.63, 3.8) is 0 Å². The Hall–Kier alpha value is -2.50. The van der Waals surface area contributed by atoms with Gasteiger partial charge in [-0.3, -0.25) is 9.59 Å². The second-order valence-corrected chi connectivity index (χ2v) is 7.30. The Kier molecular flexibility index (Phi) is 8.85. The summed E-state index contributed by atoms with van der Waals surface area (Å²) in [6, 6.07) is 6.43. The third-order valence-corrected chi connectivity index (χ3v) is 5.09. The zero-order valence-corrected chi connectivity index (χ0v) is 16.7. The molecule has 6 heteroatoms. The zero-order valence-electron chi connectivity index (χ0n) is 16.7. The van der Waals surface area contributed by atoms with Crippen molar-refractivity contribution in [1.29, 1.82) is 0 Å². The fourth-order valence-electron chi connectivity index (χ4n) is 3.45. The maximum Gasteiger partial charge on any atom is 0.294 e. The van der Waals surface area contributed by atoms with Crippen LogP contribution in [0.3, 0.4) is 0 Å². The van der Waals surface area contributed by atoms with Crippen LogP contribution in [0.5, 0.6) is 5.88 Å². The van der Waals surface area contributed by atoms with Gasteiger partial charge in [-0.1, -0.05) is 82.9 Å². The molecule has 1 aromatic heterocycles. The van der Waals surface area contributed by atoms with Crippen LogP contribution in [0.4, 0.5) is 0 Å². The van der Waals surface area contributed by atoms with Crippen LogP contribution in [-0.2, 0) is 0 Å². The van der Waals surface area contributed by atoms with Crippen LogP contribution < -0.4 is 10.9 Å². The number of aromatic nitrogens is 1. The lowest BCUT2D eigenvalue weighted by Crippen LogP contribution is -2.28. The summed E-state index contributed by atoms with van der Waals surface area (Å²) in [6.07, 6.45) is 12.1. The van der Waals surface area contributed by atoms with E-state index in [1.165, 1.54) is 51.0 Å². The van der Waals surface area contributed by atoms with Gasteiger partial charge < -0.3 is 15.6 Å². The van der Waals surface area contributed by atoms with Gasteiger partial charge in [0.1, 0.15) is 5.56 Å². The fourth-order valence-corrected chi connectivity index (χ4v) is 3.45. The van der Waals surface area contributed by atoms with Gasteiger partial charge >= 0.3 is 0 Å². The Bertz CT molecular complexity index is 829. The molecule has 0 aliphatic carbocycles. The highest BCUT2D eigenvalue weighted by Gasteiger charge is 2.21. The van der Waals surface area contributed by atoms with Crippen LogP contribution in [-0.4, -0.2) is 27.5 Å². The molecule has 2 rings (SSSR count). The molecule has 0 saturated heterocycles. The molecule has 0 radical (unpaired) electrons. The third kappa shape index (κ3) is 5.75. The van der Waals surface area contributed by atoms with Crippen molar-refractivity contribution >= 4 is 16.7 Å². The fraction of sp³-hybridized carbons (Fsp3) is 0.545. The first-order valence-corrected chi connectivity index (χ1v) is 10.4. The van der Waals surface area contributed by atoms with Gasteiger partial charge in [-0.15, -0.1) is 4.73 Å². The Labute approximate surface area is 166 Å². The molecular formula is C22H32N2O4. The molecule has 6 nitrogen and oxygen atoms in total. The minimum absolute atomic E-state index is 0.0789. The Morgan fingerprint density at radius 3 is 2.07 bits per heavy atom. The Balaban J connectivity index is 1.78. The summed E-state index contributed by atoms with van der Waals surface area (Å²) in [5.41, 5.74) is -0.830. The molecule has 0 fully saturated rings. The number of nitrogens with one attached hydrogen (secondary N) is 1. The van der Waals surface area contributed by atoms with Crippen molar-refractivity contribution < 1.29 is 15.1 Å². The number of unbranched alkanes of at least 4 members (excludes halogenated alkanes) is 9. The number of hydrogen-bond donors (Lipinski definition) is 3. The quantitative estimate of drug-likeness (QED) is 0.366. The van der Waals surface area contributed by atoms with Gasteiger partial charge in [0.2, 0.25) is 5.88 Å². The standard InChI is InChI=1S/C22H32N2O4/c1-2-3-4-5-6-7-8-9-10-13-16-23-20(25)19-17-14-11-12-15-18(17)21(26)24(28)22(19)27/h11-12,14-15,27-28H,2-10,13,16H2,1H3,(H,23,25). The van der Waals surface area contributed by atoms with Gasteiger partial charge in [-0.05, 0) is 12.5 Å². The summed E-state index contributed by atoms with van der Waals surface area (Å²) in [6.45, 7) is 2.72. The van der Waals surface area contributed by atoms with E-state index >= 15 is 0 Å². The molecule has 0 saturated carbocycles. The lowest BCUT2D eigenvalue weighted by atomic mass is 10.1. The average molecular weight is 389 g/mol. The van der Waals surface area contributed by atoms with Crippen LogP contribution in [0.25, 0.3) is 10.8 Å². The highest BCUT2D eigenvalue weighted by Crippen LogP contribution is 2.23. The number of carbonyl (C=O) groups excluding carboxylic acids is 1. The Morgan fingerprint density at radius 1 is 0.929 bits per heavy atom. The molecule has 0 atom stereocenters. The monoisotopic (exact) mass is 388 g/mol. The van der Waals surface area contributed by atoms with Crippen molar-refractivity contribution in [2.45, 2.75) is 71.1 Å². The van der Waals surface area contributed by atoms with Gasteiger partial charge in [0, 0.05) is 11.9 Å². The largest absolute Gasteiger partial charge is 0.492 e. The number of hydrogen-bond acceptors (Lipinski definition) is 4. The van der Waals surface area contributed by atoms with Gasteiger partial charge in [0.15, 0.2) is 0 Å². The van der Waals surface area contributed by atoms with E-state index in [0.717, 1.165) is 19.3 Å². The summed E-state index contributed by atoms with van der Waals surface area (Å²) in [5.74, 6) is -1.23. The van der Waals surface area contributed by atoms with Crippen LogP contribution in [0, 0.1) is 0 Å². The average Bonchev–Trinajstić information content (AvgIpc) is 2.70. The normalized spacial score (nSPS) is 11.0. The number of pyridine rings is 1. The number of aromatic hydroxyl groups is 1. The van der Waals surface area contributed by atoms with Crippen molar-refractivity contribution in [1.82, 2.24) is 10.0 Å². The molecule has 1 aromatic carbocycles. The summed E-state index contributed by atoms with van der Waals surface area (Å²) >= 11 is 0. The van der Waals surface area contributed by atoms with Gasteiger partial charge in [0.05, 0.1) is 5.39 Å². The SMILES string of the molecule is CCCCCCCCCCCCNC(=O)c1c(O)n(O)c(=O)c2ccccc12. The first-order valence-electron chi connectivity index (χ1n) is 10.4. The molecular weight excluding hydrogens is 356 g/mol. The van der Waals surface area contributed by atoms with E-state index in [4.69, 9.17) is 0 Å². The minimum atomic E-state index is -0.751. The zero-order chi connectivity index (χ0) is 20.4. The molecule has 0 aliphatic rings. The van der Waals surface area contributed by atoms with E-state index in [-0.39, 0.29) is 15.7 Å². The first kappa shape index (κ1) is 21.8. The summed E-state index contributed by atoms with van der Waals surface area (Å²) < 4.78 is 0.123. The van der Waals surface area contributed by atoms with Gasteiger partial charge in [-0.2, -0.15) is 0 Å². The topological polar surface area (TPSA) is 91.6 Å². The first-order chi connectivity index (χ1) is 13.6. The lowest BCUT2D eigenvalue weighted by molar-refractivity contribution is 0.0937. The molecule has 0 unspecified atom stereocenters. The maximum absolute atomic E-state index is 12.5. The summed E-state index contributed by atoms with van der Waals surface area (Å²) in [7, 11) is 0. The molecule has 1 amide bonds. The third-order valence-electron chi connectivity index (χ3n) is 5.09. The molecule has 0 spiro atoms. The van der Waals surface area contributed by atoms with Crippen molar-refractivity contribution in [2.75, 3.05) is 6.54 Å². The van der Waals surface area contributed by atoms with Crippen LogP contribution in [0.2, 0.25) is 0 Å². The van der Waals surface area contributed by atoms with Crippen LogP contribution in [0.1, 0.15) is 81.5 Å². The van der Waals surface area contributed by atoms with E-state index in [1.807, 2.05) is 0 Å². The number of nitrogens with zero attached hydrogens (tertiary/aromatic N) is 1. The number of carbonyl (C=O) groups is 1. The minimum Gasteiger partial charge on any atom is -0.492 e. The second-order valence-electron chi connectivity index (χ2n) is 7.30. The van der Waals surface area contributed by atoms with E-state index < -0.39 is 17.3 Å². The molecule has 1 heterocycles. The van der Waals surface area contributed by atoms with Gasteiger partial charge in [-0.25, -0.2) is 0 Å². The highest BCUT2D eigenvalue weighted by atomic mass is 16.5. The smallest absolute Gasteiger partial charge is 0.294 e. The molecule has 0 aliphatic heterocycles. The van der Waals surface area contributed by atoms with Crippen LogP contribution >= 0.6 is 0 Å². The molecule has 0 bridgehead atoms.